The van der Waals surface area contributed by atoms with Crippen LogP contribution < -0.4 is 16.6 Å². The lowest BCUT2D eigenvalue weighted by molar-refractivity contribution is 0.547. The first-order valence-corrected chi connectivity index (χ1v) is 4.64. The van der Waals surface area contributed by atoms with E-state index in [4.69, 9.17) is 17.3 Å². The van der Waals surface area contributed by atoms with Crippen molar-refractivity contribution in [2.45, 2.75) is 12.1 Å². The molecule has 1 aromatic carbocycles. The van der Waals surface area contributed by atoms with Gasteiger partial charge in [0.1, 0.15) is 0 Å². The topological polar surface area (TPSA) is 50.1 Å². The van der Waals surface area contributed by atoms with E-state index in [0.717, 1.165) is 11.6 Å². The van der Waals surface area contributed by atoms with Crippen LogP contribution in [-0.2, 0) is 0 Å². The van der Waals surface area contributed by atoms with Gasteiger partial charge in [0.2, 0.25) is 0 Å². The van der Waals surface area contributed by atoms with Crippen LogP contribution in [0.2, 0.25) is 5.02 Å². The van der Waals surface area contributed by atoms with Gasteiger partial charge in [0, 0.05) is 17.5 Å². The van der Waals surface area contributed by atoms with Gasteiger partial charge in [-0.05, 0) is 17.7 Å². The minimum absolute atomic E-state index is 0.0128. The minimum Gasteiger partial charge on any atom is -0.314 e. The first kappa shape index (κ1) is 8.97. The molecule has 2 rings (SSSR count). The van der Waals surface area contributed by atoms with Crippen molar-refractivity contribution >= 4 is 11.6 Å². The number of hydrazine groups is 1. The highest BCUT2D eigenvalue weighted by Crippen LogP contribution is 2.21. The highest BCUT2D eigenvalue weighted by Gasteiger charge is 2.24. The third-order valence-electron chi connectivity index (χ3n) is 2.32. The minimum atomic E-state index is -0.0128. The van der Waals surface area contributed by atoms with Gasteiger partial charge in [-0.1, -0.05) is 23.7 Å². The van der Waals surface area contributed by atoms with Crippen molar-refractivity contribution in [2.24, 2.45) is 5.73 Å². The van der Waals surface area contributed by atoms with Gasteiger partial charge in [-0.15, -0.1) is 0 Å². The molecule has 1 heterocycles. The number of hydrogen-bond acceptors (Lipinski definition) is 3. The number of rotatable bonds is 1. The molecule has 2 atom stereocenters. The lowest BCUT2D eigenvalue weighted by atomic mass is 9.98. The predicted octanol–water partition coefficient (Wildman–Crippen LogP) is 0.816. The maximum atomic E-state index is 5.84. The normalized spacial score (nSPS) is 27.8. The second-order valence-electron chi connectivity index (χ2n) is 3.21. The molecule has 0 spiro atoms. The summed E-state index contributed by atoms with van der Waals surface area (Å²) in [5.41, 5.74) is 13.1. The van der Waals surface area contributed by atoms with Crippen molar-refractivity contribution in [3.05, 3.63) is 34.9 Å². The molecule has 1 fully saturated rings. The largest absolute Gasteiger partial charge is 0.314 e. The quantitative estimate of drug-likeness (QED) is 0.625. The van der Waals surface area contributed by atoms with Crippen LogP contribution in [0.1, 0.15) is 11.5 Å². The standard InChI is InChI=1S/C9H12ClN3/c10-7-3-1-6(2-4-7)8-5-12-13-9(8)11/h1-4,8-9,12-13H,5,11H2. The van der Waals surface area contributed by atoms with Gasteiger partial charge in [-0.25, -0.2) is 5.43 Å². The molecule has 4 heteroatoms. The maximum Gasteiger partial charge on any atom is 0.0761 e. The third-order valence-corrected chi connectivity index (χ3v) is 2.57. The molecular formula is C9H12ClN3. The van der Waals surface area contributed by atoms with Crippen LogP contribution >= 0.6 is 11.6 Å². The Balaban J connectivity index is 2.20. The average Bonchev–Trinajstić information content (AvgIpc) is 2.53. The summed E-state index contributed by atoms with van der Waals surface area (Å²) in [4.78, 5) is 0. The van der Waals surface area contributed by atoms with Crippen molar-refractivity contribution in [1.29, 1.82) is 0 Å². The SMILES string of the molecule is NC1NNCC1c1ccc(Cl)cc1. The first-order valence-electron chi connectivity index (χ1n) is 4.27. The van der Waals surface area contributed by atoms with Crippen LogP contribution in [0.25, 0.3) is 0 Å². The zero-order chi connectivity index (χ0) is 9.26. The Morgan fingerprint density at radius 3 is 2.54 bits per heavy atom. The molecule has 0 saturated carbocycles. The van der Waals surface area contributed by atoms with E-state index < -0.39 is 0 Å². The van der Waals surface area contributed by atoms with E-state index in [0.29, 0.717) is 5.92 Å². The molecule has 70 valence electrons. The van der Waals surface area contributed by atoms with Crippen molar-refractivity contribution in [2.75, 3.05) is 6.54 Å². The summed E-state index contributed by atoms with van der Waals surface area (Å²) in [6.45, 7) is 0.864. The fraction of sp³-hybridized carbons (Fsp3) is 0.333. The van der Waals surface area contributed by atoms with Crippen LogP contribution in [0.5, 0.6) is 0 Å². The van der Waals surface area contributed by atoms with Crippen LogP contribution in [0.15, 0.2) is 24.3 Å². The van der Waals surface area contributed by atoms with E-state index in [1.807, 2.05) is 24.3 Å². The Bertz CT molecular complexity index is 285. The molecule has 0 amide bonds. The lowest BCUT2D eigenvalue weighted by Crippen LogP contribution is -2.38. The second kappa shape index (κ2) is 3.64. The zero-order valence-corrected chi connectivity index (χ0v) is 7.88. The number of nitrogens with two attached hydrogens (primary N) is 1. The number of hydrogen-bond donors (Lipinski definition) is 3. The molecule has 13 heavy (non-hydrogen) atoms. The Hall–Kier alpha value is -0.610. The van der Waals surface area contributed by atoms with Gasteiger partial charge < -0.3 is 5.73 Å². The molecule has 3 nitrogen and oxygen atoms in total. The molecule has 0 aliphatic carbocycles. The van der Waals surface area contributed by atoms with Gasteiger partial charge in [0.25, 0.3) is 0 Å². The second-order valence-corrected chi connectivity index (χ2v) is 3.65. The van der Waals surface area contributed by atoms with Crippen LogP contribution in [0, 0.1) is 0 Å². The fourth-order valence-electron chi connectivity index (χ4n) is 1.55. The highest BCUT2D eigenvalue weighted by molar-refractivity contribution is 6.30. The van der Waals surface area contributed by atoms with Crippen LogP contribution in [-0.4, -0.2) is 12.7 Å². The van der Waals surface area contributed by atoms with Gasteiger partial charge >= 0.3 is 0 Å². The van der Waals surface area contributed by atoms with Crippen molar-refractivity contribution < 1.29 is 0 Å². The Morgan fingerprint density at radius 2 is 2.00 bits per heavy atom. The van der Waals surface area contributed by atoms with Crippen molar-refractivity contribution in [3.63, 3.8) is 0 Å². The summed E-state index contributed by atoms with van der Waals surface area (Å²) in [6, 6.07) is 7.81. The highest BCUT2D eigenvalue weighted by atomic mass is 35.5. The first-order chi connectivity index (χ1) is 6.27. The van der Waals surface area contributed by atoms with E-state index in [9.17, 15) is 0 Å². The molecule has 0 aromatic heterocycles. The van der Waals surface area contributed by atoms with E-state index in [-0.39, 0.29) is 6.17 Å². The van der Waals surface area contributed by atoms with E-state index in [2.05, 4.69) is 10.9 Å². The molecule has 1 aliphatic heterocycles. The Labute approximate surface area is 82.2 Å². The summed E-state index contributed by atoms with van der Waals surface area (Å²) < 4.78 is 0. The van der Waals surface area contributed by atoms with E-state index >= 15 is 0 Å². The lowest BCUT2D eigenvalue weighted by Gasteiger charge is -2.13. The third kappa shape index (κ3) is 1.84. The molecule has 1 aromatic rings. The van der Waals surface area contributed by atoms with Gasteiger partial charge in [0.15, 0.2) is 0 Å². The molecule has 0 bridgehead atoms. The molecule has 4 N–H and O–H groups in total. The van der Waals surface area contributed by atoms with E-state index in [1.54, 1.807) is 0 Å². The smallest absolute Gasteiger partial charge is 0.0761 e. The van der Waals surface area contributed by atoms with Gasteiger partial charge in [0.05, 0.1) is 6.17 Å². The van der Waals surface area contributed by atoms with Crippen molar-refractivity contribution in [1.82, 2.24) is 10.9 Å². The summed E-state index contributed by atoms with van der Waals surface area (Å²) in [7, 11) is 0. The van der Waals surface area contributed by atoms with Gasteiger partial charge in [-0.2, -0.15) is 0 Å². The molecular weight excluding hydrogens is 186 g/mol. The number of nitrogens with one attached hydrogen (secondary N) is 2. The van der Waals surface area contributed by atoms with Crippen LogP contribution in [0.4, 0.5) is 0 Å². The maximum absolute atomic E-state index is 5.84. The number of halogens is 1. The van der Waals surface area contributed by atoms with Crippen molar-refractivity contribution in [3.8, 4) is 0 Å². The Morgan fingerprint density at radius 1 is 1.31 bits per heavy atom. The molecule has 1 saturated heterocycles. The van der Waals surface area contributed by atoms with E-state index in [1.165, 1.54) is 5.56 Å². The summed E-state index contributed by atoms with van der Waals surface area (Å²) in [6.07, 6.45) is -0.0128. The summed E-state index contributed by atoms with van der Waals surface area (Å²) in [5, 5.41) is 0.760. The fourth-order valence-corrected chi connectivity index (χ4v) is 1.68. The van der Waals surface area contributed by atoms with Gasteiger partial charge in [-0.3, -0.25) is 5.43 Å². The monoisotopic (exact) mass is 197 g/mol. The Kier molecular flexibility index (Phi) is 2.51. The molecule has 0 radical (unpaired) electrons. The number of benzene rings is 1. The average molecular weight is 198 g/mol. The van der Waals surface area contributed by atoms with Crippen LogP contribution in [0.3, 0.4) is 0 Å². The predicted molar refractivity (Wildman–Crippen MR) is 53.3 cm³/mol. The zero-order valence-electron chi connectivity index (χ0n) is 7.13. The summed E-state index contributed by atoms with van der Waals surface area (Å²) >= 11 is 5.79. The summed E-state index contributed by atoms with van der Waals surface area (Å²) in [5.74, 6) is 0.331. The molecule has 2 unspecified atom stereocenters. The molecule has 1 aliphatic rings.